The molecule has 14 nitrogen and oxygen atoms in total. The van der Waals surface area contributed by atoms with Gasteiger partial charge in [0.05, 0.1) is 26.3 Å². The maximum atomic E-state index is 12.8. The van der Waals surface area contributed by atoms with Crippen molar-refractivity contribution in [1.29, 1.82) is 0 Å². The van der Waals surface area contributed by atoms with Crippen LogP contribution in [0.25, 0.3) is 0 Å². The molecule has 0 radical (unpaired) electrons. The van der Waals surface area contributed by atoms with E-state index in [9.17, 15) is 39.0 Å². The Morgan fingerprint density at radius 2 is 1.12 bits per heavy atom. The minimum Gasteiger partial charge on any atom is -0.503 e. The van der Waals surface area contributed by atoms with Crippen LogP contribution in [0.2, 0.25) is 0 Å². The van der Waals surface area contributed by atoms with Crippen LogP contribution in [0.1, 0.15) is 19.3 Å². The molecule has 1 rings (SSSR count). The summed E-state index contributed by atoms with van der Waals surface area (Å²) in [5.74, 6) is -5.69. The zero-order valence-corrected chi connectivity index (χ0v) is 27.3. The molecule has 2 unspecified atom stereocenters. The van der Waals surface area contributed by atoms with Crippen molar-refractivity contribution in [2.24, 2.45) is 11.5 Å². The first-order valence-electron chi connectivity index (χ1n) is 11.0. The third-order valence-corrected chi connectivity index (χ3v) is 11.2. The Hall–Kier alpha value is -1.46. The number of hydrogen-bond acceptors (Lipinski definition) is 19. The predicted octanol–water partition coefficient (Wildman–Crippen LogP) is 0.0323. The number of thiophene rings is 1. The predicted molar refractivity (Wildman–Crippen MR) is 168 cm³/mol. The van der Waals surface area contributed by atoms with Crippen molar-refractivity contribution >= 4 is 114 Å². The zero-order valence-electron chi connectivity index (χ0n) is 21.4. The number of carbonyl (C=O) groups is 6. The minimum atomic E-state index is -1.28. The van der Waals surface area contributed by atoms with E-state index in [1.54, 1.807) is 0 Å². The van der Waals surface area contributed by atoms with Gasteiger partial charge in [-0.05, 0) is 21.6 Å². The van der Waals surface area contributed by atoms with Gasteiger partial charge >= 0.3 is 11.9 Å². The van der Waals surface area contributed by atoms with Crippen molar-refractivity contribution in [3.8, 4) is 11.5 Å². The number of nitrogens with one attached hydrogen (secondary N) is 2. The molecule has 0 bridgehead atoms. The molecule has 0 aliphatic rings. The molecule has 230 valence electrons. The van der Waals surface area contributed by atoms with E-state index in [0.717, 1.165) is 57.4 Å². The van der Waals surface area contributed by atoms with E-state index in [2.05, 4.69) is 45.4 Å². The van der Waals surface area contributed by atoms with Crippen molar-refractivity contribution in [1.82, 2.24) is 10.6 Å². The second-order valence-corrected chi connectivity index (χ2v) is 13.9. The van der Waals surface area contributed by atoms with Crippen LogP contribution in [-0.2, 0) is 28.7 Å². The van der Waals surface area contributed by atoms with Crippen LogP contribution in [0, 0.1) is 0 Å². The summed E-state index contributed by atoms with van der Waals surface area (Å²) in [5.41, 5.74) is 11.2. The van der Waals surface area contributed by atoms with E-state index in [1.165, 1.54) is 0 Å². The molecular formula is C20H28N4O10S7. The van der Waals surface area contributed by atoms with Crippen LogP contribution in [0.5, 0.6) is 11.5 Å². The van der Waals surface area contributed by atoms with Gasteiger partial charge in [-0.2, -0.15) is 25.3 Å². The van der Waals surface area contributed by atoms with Gasteiger partial charge in [0.2, 0.25) is 10.2 Å². The van der Waals surface area contributed by atoms with Crippen molar-refractivity contribution in [3.63, 3.8) is 0 Å². The van der Waals surface area contributed by atoms with Gasteiger partial charge in [-0.15, -0.1) is 11.3 Å². The number of amides is 2. The summed E-state index contributed by atoms with van der Waals surface area (Å²) in [6.07, 6.45) is 0. The number of methoxy groups -OCH3 is 2. The first kappa shape index (κ1) is 37.6. The standard InChI is InChI=1S/C20H28N4O10S7/c1-33-17(29)9(5-37-40-19(31)7(21)3-35)23-15(27)13-11(25)12(26)14(39-13)16(28)24-10(18(30)34-2)6-38-41-20(32)8(22)4-36/h7-10,25-26,35-36H,3-6,21-22H2,1-2H3,(H,23,27)(H,24,28)/t7-,8-,9?,10?/m0/s1. The lowest BCUT2D eigenvalue weighted by atomic mass is 10.2. The highest BCUT2D eigenvalue weighted by Gasteiger charge is 2.32. The summed E-state index contributed by atoms with van der Waals surface area (Å²) in [7, 11) is 5.51. The van der Waals surface area contributed by atoms with Gasteiger partial charge in [-0.3, -0.25) is 19.2 Å². The van der Waals surface area contributed by atoms with Gasteiger partial charge in [0.1, 0.15) is 21.8 Å². The van der Waals surface area contributed by atoms with Gasteiger partial charge in [0.25, 0.3) is 11.8 Å². The monoisotopic (exact) mass is 708 g/mol. The Bertz CT molecular complexity index is 1040. The first-order valence-corrected chi connectivity index (χ1v) is 17.8. The summed E-state index contributed by atoms with van der Waals surface area (Å²) in [5, 5.41) is 24.5. The van der Waals surface area contributed by atoms with Crippen molar-refractivity contribution in [2.45, 2.75) is 24.2 Å². The molecule has 21 heteroatoms. The van der Waals surface area contributed by atoms with E-state index < -0.39 is 79.4 Å². The fourth-order valence-electron chi connectivity index (χ4n) is 2.38. The van der Waals surface area contributed by atoms with Gasteiger partial charge in [-0.1, -0.05) is 21.6 Å². The molecule has 0 spiro atoms. The van der Waals surface area contributed by atoms with Crippen LogP contribution in [0.15, 0.2) is 0 Å². The third kappa shape index (κ3) is 11.6. The van der Waals surface area contributed by atoms with Crippen LogP contribution in [0.3, 0.4) is 0 Å². The Balaban J connectivity index is 2.99. The van der Waals surface area contributed by atoms with Gasteiger partial charge in [0, 0.05) is 23.0 Å². The normalized spacial score (nSPS) is 13.8. The Labute approximate surface area is 265 Å². The lowest BCUT2D eigenvalue weighted by molar-refractivity contribution is -0.143. The number of aromatic hydroxyl groups is 2. The number of esters is 2. The van der Waals surface area contributed by atoms with Gasteiger partial charge in [-0.25, -0.2) is 9.59 Å². The largest absolute Gasteiger partial charge is 0.503 e. The number of thiol groups is 2. The van der Waals surface area contributed by atoms with Crippen molar-refractivity contribution in [2.75, 3.05) is 37.2 Å². The zero-order chi connectivity index (χ0) is 31.3. The minimum absolute atomic E-state index is 0.115. The molecule has 1 aromatic heterocycles. The third-order valence-electron chi connectivity index (χ3n) is 4.60. The molecular weight excluding hydrogens is 681 g/mol. The molecule has 0 fully saturated rings. The second kappa shape index (κ2) is 18.9. The molecule has 8 N–H and O–H groups in total. The number of carbonyl (C=O) groups excluding carboxylic acids is 6. The lowest BCUT2D eigenvalue weighted by Crippen LogP contribution is -2.43. The molecule has 0 saturated carbocycles. The maximum Gasteiger partial charge on any atom is 0.329 e. The number of ether oxygens (including phenoxy) is 2. The average molecular weight is 709 g/mol. The van der Waals surface area contributed by atoms with E-state index in [1.807, 2.05) is 0 Å². The lowest BCUT2D eigenvalue weighted by Gasteiger charge is -2.16. The highest BCUT2D eigenvalue weighted by molar-refractivity contribution is 8.82. The first-order chi connectivity index (χ1) is 19.3. The van der Waals surface area contributed by atoms with E-state index in [0.29, 0.717) is 11.3 Å². The average Bonchev–Trinajstić information content (AvgIpc) is 3.27. The Morgan fingerprint density at radius 1 is 0.780 bits per heavy atom. The molecule has 2 amide bonds. The number of rotatable bonds is 16. The molecule has 41 heavy (non-hydrogen) atoms. The highest BCUT2D eigenvalue weighted by Crippen LogP contribution is 2.40. The van der Waals surface area contributed by atoms with Crippen LogP contribution < -0.4 is 22.1 Å². The van der Waals surface area contributed by atoms with E-state index in [4.69, 9.17) is 11.5 Å². The summed E-state index contributed by atoms with van der Waals surface area (Å²) in [6.45, 7) is 0. The van der Waals surface area contributed by atoms with Crippen LogP contribution in [0.4, 0.5) is 0 Å². The quantitative estimate of drug-likeness (QED) is 0.0642. The van der Waals surface area contributed by atoms with E-state index >= 15 is 0 Å². The summed E-state index contributed by atoms with van der Waals surface area (Å²) >= 11 is 8.26. The molecule has 1 heterocycles. The smallest absolute Gasteiger partial charge is 0.329 e. The highest BCUT2D eigenvalue weighted by atomic mass is 33.1. The molecule has 0 aliphatic heterocycles. The summed E-state index contributed by atoms with van der Waals surface area (Å²) in [4.78, 5) is 72.7. The van der Waals surface area contributed by atoms with Crippen molar-refractivity contribution < 1.29 is 48.5 Å². The SMILES string of the molecule is COC(=O)C(CSSC(=O)[C@@H](N)CS)NC(=O)c1sc(C(=O)NC(CSSC(=O)[C@@H](N)CS)C(=O)OC)c(O)c1O. The fraction of sp³-hybridized carbons (Fsp3) is 0.500. The van der Waals surface area contributed by atoms with Crippen molar-refractivity contribution in [3.05, 3.63) is 9.75 Å². The molecule has 0 aromatic carbocycles. The van der Waals surface area contributed by atoms with Crippen LogP contribution >= 0.6 is 79.8 Å². The van der Waals surface area contributed by atoms with Gasteiger partial charge in [0.15, 0.2) is 11.5 Å². The van der Waals surface area contributed by atoms with E-state index in [-0.39, 0.29) is 23.0 Å². The summed E-state index contributed by atoms with van der Waals surface area (Å²) < 4.78 is 9.33. The molecule has 4 atom stereocenters. The Kier molecular flexibility index (Phi) is 17.4. The Morgan fingerprint density at radius 3 is 1.41 bits per heavy atom. The molecule has 0 aliphatic carbocycles. The number of nitrogens with two attached hydrogens (primary N) is 2. The molecule has 1 aromatic rings. The topological polar surface area (TPSA) is 237 Å². The number of hydrogen-bond donors (Lipinski definition) is 8. The fourth-order valence-corrected chi connectivity index (χ4v) is 8.01. The van der Waals surface area contributed by atoms with Gasteiger partial charge < -0.3 is 41.8 Å². The second-order valence-electron chi connectivity index (χ2n) is 7.51. The molecule has 0 saturated heterocycles. The summed E-state index contributed by atoms with van der Waals surface area (Å²) in [6, 6.07) is -4.20. The maximum absolute atomic E-state index is 12.8. The van der Waals surface area contributed by atoms with Crippen LogP contribution in [-0.4, -0.2) is 106 Å².